The molecule has 1 saturated heterocycles. The van der Waals surface area contributed by atoms with Gasteiger partial charge in [-0.15, -0.1) is 0 Å². The number of benzene rings is 1. The van der Waals surface area contributed by atoms with Crippen molar-refractivity contribution in [3.63, 3.8) is 0 Å². The van der Waals surface area contributed by atoms with Crippen LogP contribution in [0.1, 0.15) is 47.4 Å². The predicted molar refractivity (Wildman–Crippen MR) is 192 cm³/mol. The molecule has 1 aliphatic rings. The van der Waals surface area contributed by atoms with Gasteiger partial charge in [0.25, 0.3) is 0 Å². The molecule has 1 aliphatic heterocycles. The van der Waals surface area contributed by atoms with E-state index in [1.54, 1.807) is 30.3 Å². The minimum Gasteiger partial charge on any atom is -0.394 e. The second-order valence-corrected chi connectivity index (χ2v) is 12.7. The van der Waals surface area contributed by atoms with Gasteiger partial charge in [0.15, 0.2) is 0 Å². The molecule has 304 valence electrons. The van der Waals surface area contributed by atoms with Gasteiger partial charge < -0.3 is 63.8 Å². The summed E-state index contributed by atoms with van der Waals surface area (Å²) in [5, 5.41) is 56.5. The van der Waals surface area contributed by atoms with Crippen LogP contribution in [0, 0.1) is 0 Å². The van der Waals surface area contributed by atoms with Crippen LogP contribution in [0.5, 0.6) is 0 Å². The smallest absolute Gasteiger partial charge is 0.245 e. The first kappa shape index (κ1) is 44.9. The number of nitrogens with one attached hydrogen (secondary N) is 7. The maximum absolute atomic E-state index is 13.5. The molecular weight excluding hydrogens is 714 g/mol. The van der Waals surface area contributed by atoms with Crippen molar-refractivity contribution in [3.8, 4) is 0 Å². The average molecular weight is 770 g/mol. The fraction of sp³-hybridized carbons (Fsp3) is 0.576. The lowest BCUT2D eigenvalue weighted by Crippen LogP contribution is -2.62. The van der Waals surface area contributed by atoms with E-state index >= 15 is 0 Å². The largest absolute Gasteiger partial charge is 0.394 e. The van der Waals surface area contributed by atoms with E-state index < -0.39 is 115 Å². The van der Waals surface area contributed by atoms with E-state index in [-0.39, 0.29) is 47.9 Å². The summed E-state index contributed by atoms with van der Waals surface area (Å²) in [6.45, 7) is -1.66. The van der Waals surface area contributed by atoms with Crippen LogP contribution in [0.25, 0.3) is 0 Å². The molecule has 0 saturated carbocycles. The van der Waals surface area contributed by atoms with Crippen molar-refractivity contribution in [2.24, 2.45) is 11.5 Å². The zero-order chi connectivity index (χ0) is 40.4. The summed E-state index contributed by atoms with van der Waals surface area (Å²) in [5.41, 5.74) is 11.5. The third-order valence-electron chi connectivity index (χ3n) is 8.42. The minimum absolute atomic E-state index is 0. The second kappa shape index (κ2) is 22.8. The lowest BCUT2D eigenvalue weighted by Gasteiger charge is -2.28. The third-order valence-corrected chi connectivity index (χ3v) is 8.42. The molecule has 0 aliphatic carbocycles. The van der Waals surface area contributed by atoms with E-state index in [1.807, 2.05) is 0 Å². The number of carbonyl (C=O) groups is 8. The molecule has 3 unspecified atom stereocenters. The Balaban J connectivity index is 0.0000151. The second-order valence-electron chi connectivity index (χ2n) is 12.7. The molecule has 8 amide bonds. The van der Waals surface area contributed by atoms with Gasteiger partial charge in [0, 0.05) is 22.2 Å². The van der Waals surface area contributed by atoms with Gasteiger partial charge in [-0.05, 0) is 38.2 Å². The van der Waals surface area contributed by atoms with Gasteiger partial charge in [-0.3, -0.25) is 43.7 Å². The van der Waals surface area contributed by atoms with Crippen LogP contribution in [-0.4, -0.2) is 142 Å². The van der Waals surface area contributed by atoms with Crippen LogP contribution in [0.2, 0.25) is 0 Å². The number of primary amides is 2. The van der Waals surface area contributed by atoms with Gasteiger partial charge in [-0.25, -0.2) is 0 Å². The molecule has 21 heteroatoms. The molecule has 15 N–H and O–H groups in total. The molecule has 1 aromatic carbocycles. The Morgan fingerprint density at radius 2 is 1.41 bits per heavy atom. The van der Waals surface area contributed by atoms with Crippen molar-refractivity contribution >= 4 is 47.3 Å². The Bertz CT molecular complexity index is 1480. The molecular formula is C33H55N9O12. The fourth-order valence-corrected chi connectivity index (χ4v) is 5.29. The van der Waals surface area contributed by atoms with E-state index in [1.165, 1.54) is 0 Å². The summed E-state index contributed by atoms with van der Waals surface area (Å²) in [6.07, 6.45) is -1.71. The standard InChI is InChI=1S/C33H51N9O12.2H2/c1-17(46)26-33(54)41-24(16-45)32(53)40-23(15-44)31(52)38-19(29(50)39-21(27(34)48)13-18-7-3-2-4-8-18)9-5-6-12-36-25(47)11-10-20(30(51)42-26)37-22(14-43)28(35)49;;/h2-4,7-8,17,19-24,26,37,43-46H,5-6,9-16H2,1H3,(H2,34,48)(H2,35,49)(H,36,47)(H,38,52)(H,39,50)(H,40,53)(H,41,54)(H,42,51);2*1H/t17-,19?,20?,21+,22+,23?,24+,26+;;/m1../s1. The van der Waals surface area contributed by atoms with Crippen molar-refractivity contribution in [1.29, 1.82) is 0 Å². The highest BCUT2D eigenvalue weighted by Gasteiger charge is 2.35. The normalized spacial score (nSPS) is 24.5. The quantitative estimate of drug-likeness (QED) is 0.0943. The first-order valence-electron chi connectivity index (χ1n) is 17.3. The highest BCUT2D eigenvalue weighted by molar-refractivity contribution is 5.97. The van der Waals surface area contributed by atoms with Crippen LogP contribution in [0.3, 0.4) is 0 Å². The van der Waals surface area contributed by atoms with Crippen molar-refractivity contribution in [2.75, 3.05) is 26.4 Å². The molecule has 1 heterocycles. The zero-order valence-electron chi connectivity index (χ0n) is 29.8. The molecule has 0 aromatic heterocycles. The Hall–Kier alpha value is -5.22. The first-order valence-corrected chi connectivity index (χ1v) is 17.3. The van der Waals surface area contributed by atoms with E-state index in [0.717, 1.165) is 6.92 Å². The van der Waals surface area contributed by atoms with E-state index in [4.69, 9.17) is 11.5 Å². The number of aliphatic hydroxyl groups is 4. The summed E-state index contributed by atoms with van der Waals surface area (Å²) in [5.74, 6) is -7.62. The summed E-state index contributed by atoms with van der Waals surface area (Å²) in [4.78, 5) is 103. The van der Waals surface area contributed by atoms with Gasteiger partial charge >= 0.3 is 0 Å². The van der Waals surface area contributed by atoms with Gasteiger partial charge in [-0.1, -0.05) is 30.3 Å². The molecule has 54 heavy (non-hydrogen) atoms. The van der Waals surface area contributed by atoms with Gasteiger partial charge in [0.2, 0.25) is 47.3 Å². The summed E-state index contributed by atoms with van der Waals surface area (Å²) in [7, 11) is 0. The summed E-state index contributed by atoms with van der Waals surface area (Å²) < 4.78 is 0. The van der Waals surface area contributed by atoms with Crippen LogP contribution in [0.15, 0.2) is 30.3 Å². The van der Waals surface area contributed by atoms with Gasteiger partial charge in [0.1, 0.15) is 36.3 Å². The third kappa shape index (κ3) is 14.7. The van der Waals surface area contributed by atoms with E-state index in [2.05, 4.69) is 37.2 Å². The molecule has 0 bridgehead atoms. The van der Waals surface area contributed by atoms with Crippen molar-refractivity contribution < 1.29 is 61.6 Å². The zero-order valence-corrected chi connectivity index (χ0v) is 29.8. The van der Waals surface area contributed by atoms with E-state index in [0.29, 0.717) is 5.56 Å². The predicted octanol–water partition coefficient (Wildman–Crippen LogP) is -6.12. The fourth-order valence-electron chi connectivity index (χ4n) is 5.29. The van der Waals surface area contributed by atoms with E-state index in [9.17, 15) is 58.8 Å². The van der Waals surface area contributed by atoms with Crippen LogP contribution in [-0.2, 0) is 44.8 Å². The average Bonchev–Trinajstić information content (AvgIpc) is 3.13. The number of hydrogen-bond donors (Lipinski definition) is 13. The monoisotopic (exact) mass is 769 g/mol. The minimum atomic E-state index is -1.79. The SMILES string of the molecule is C[C@@H](O)[C@@H]1NC(=O)C(N[C@@H](CO)C(N)=O)CCC(=O)NCCCCC(C(=O)N[C@@H](Cc2ccccc2)C(N)=O)NC(=O)C(CO)NC(=O)[C@H](CO)NC1=O.[HH].[HH]. The van der Waals surface area contributed by atoms with Crippen molar-refractivity contribution in [3.05, 3.63) is 35.9 Å². The summed E-state index contributed by atoms with van der Waals surface area (Å²) >= 11 is 0. The van der Waals surface area contributed by atoms with Crippen LogP contribution < -0.4 is 48.7 Å². The Labute approximate surface area is 313 Å². The molecule has 2 rings (SSSR count). The number of rotatable bonds is 12. The van der Waals surface area contributed by atoms with Gasteiger partial charge in [-0.2, -0.15) is 0 Å². The van der Waals surface area contributed by atoms with Crippen molar-refractivity contribution in [2.45, 2.75) is 93.8 Å². The lowest BCUT2D eigenvalue weighted by atomic mass is 10.0. The highest BCUT2D eigenvalue weighted by Crippen LogP contribution is 2.08. The Morgan fingerprint density at radius 1 is 0.815 bits per heavy atom. The number of hydrogen-bond acceptors (Lipinski definition) is 13. The molecule has 1 fully saturated rings. The number of amides is 8. The Morgan fingerprint density at radius 3 is 1.96 bits per heavy atom. The lowest BCUT2D eigenvalue weighted by molar-refractivity contribution is -0.137. The maximum atomic E-state index is 13.5. The number of nitrogens with two attached hydrogens (primary N) is 2. The highest BCUT2D eigenvalue weighted by atomic mass is 16.3. The van der Waals surface area contributed by atoms with Crippen LogP contribution in [0.4, 0.5) is 0 Å². The summed E-state index contributed by atoms with van der Waals surface area (Å²) in [6, 6.07) is -1.96. The van der Waals surface area contributed by atoms with Crippen LogP contribution >= 0.6 is 0 Å². The first-order chi connectivity index (χ1) is 25.6. The molecule has 21 nitrogen and oxygen atoms in total. The molecule has 8 atom stereocenters. The van der Waals surface area contributed by atoms with Crippen molar-refractivity contribution in [1.82, 2.24) is 37.2 Å². The molecule has 0 spiro atoms. The Kier molecular flexibility index (Phi) is 18.9. The maximum Gasteiger partial charge on any atom is 0.245 e. The number of carbonyl (C=O) groups excluding carboxylic acids is 8. The molecule has 1 aromatic rings. The molecule has 0 radical (unpaired) electrons. The topological polar surface area (TPSA) is 354 Å². The number of aliphatic hydroxyl groups excluding tert-OH is 4. The van der Waals surface area contributed by atoms with Gasteiger partial charge in [0.05, 0.1) is 32.0 Å².